The molecule has 42 heavy (non-hydrogen) atoms. The number of hydrogen-bond acceptors (Lipinski definition) is 9. The van der Waals surface area contributed by atoms with Crippen LogP contribution < -0.4 is 15.5 Å². The number of carbonyl (C=O) groups is 2. The van der Waals surface area contributed by atoms with E-state index in [-0.39, 0.29) is 31.4 Å². The molecule has 0 aliphatic carbocycles. The van der Waals surface area contributed by atoms with Crippen LogP contribution in [0.2, 0.25) is 0 Å². The number of aryl methyl sites for hydroxylation is 1. The van der Waals surface area contributed by atoms with Gasteiger partial charge in [0, 0.05) is 28.9 Å². The molecule has 2 aromatic heterocycles. The van der Waals surface area contributed by atoms with Crippen LogP contribution in [0.3, 0.4) is 0 Å². The minimum atomic E-state index is -0.905. The van der Waals surface area contributed by atoms with Crippen LogP contribution in [-0.2, 0) is 22.6 Å². The van der Waals surface area contributed by atoms with Gasteiger partial charge in [-0.3, -0.25) is 9.59 Å². The zero-order valence-corrected chi connectivity index (χ0v) is 24.4. The first-order valence-corrected chi connectivity index (χ1v) is 14.8. The number of tetrazole rings is 1. The number of β-amino-alcohol motifs (C(OH)–C–C–N with tert-alkyl or cyclic N) is 1. The normalized spacial score (nSPS) is 16.1. The van der Waals surface area contributed by atoms with E-state index in [0.29, 0.717) is 25.2 Å². The molecule has 220 valence electrons. The van der Waals surface area contributed by atoms with Gasteiger partial charge in [-0.1, -0.05) is 48.5 Å². The number of aromatic amines is 1. The Morgan fingerprint density at radius 2 is 1.93 bits per heavy atom. The number of aliphatic hydroxyl groups excluding tert-OH is 2. The van der Waals surface area contributed by atoms with E-state index in [0.717, 1.165) is 32.8 Å². The highest BCUT2D eigenvalue weighted by Crippen LogP contribution is 2.34. The predicted molar refractivity (Wildman–Crippen MR) is 161 cm³/mol. The van der Waals surface area contributed by atoms with E-state index < -0.39 is 17.7 Å². The van der Waals surface area contributed by atoms with E-state index in [2.05, 4.69) is 31.3 Å². The van der Waals surface area contributed by atoms with Gasteiger partial charge in [-0.25, -0.2) is 5.10 Å². The average molecular weight is 590 g/mol. The van der Waals surface area contributed by atoms with Crippen molar-refractivity contribution < 1.29 is 19.8 Å². The fourth-order valence-corrected chi connectivity index (χ4v) is 6.01. The maximum atomic E-state index is 13.8. The van der Waals surface area contributed by atoms with Crippen LogP contribution in [0.4, 0.5) is 5.69 Å². The highest BCUT2D eigenvalue weighted by molar-refractivity contribution is 7.10. The molecule has 5 N–H and O–H groups in total. The van der Waals surface area contributed by atoms with Crippen molar-refractivity contribution in [3.63, 3.8) is 0 Å². The molecule has 5 rings (SSSR count). The second kappa shape index (κ2) is 12.9. The molecule has 4 aromatic rings. The van der Waals surface area contributed by atoms with Crippen LogP contribution in [0.5, 0.6) is 0 Å². The van der Waals surface area contributed by atoms with Crippen LogP contribution in [-0.4, -0.2) is 73.5 Å². The summed E-state index contributed by atoms with van der Waals surface area (Å²) in [6, 6.07) is 17.3. The van der Waals surface area contributed by atoms with Crippen LogP contribution in [0.1, 0.15) is 37.1 Å². The van der Waals surface area contributed by atoms with Crippen molar-refractivity contribution in [2.45, 2.75) is 57.3 Å². The van der Waals surface area contributed by atoms with Gasteiger partial charge in [0.2, 0.25) is 11.8 Å². The lowest BCUT2D eigenvalue weighted by molar-refractivity contribution is -0.128. The Morgan fingerprint density at radius 3 is 2.64 bits per heavy atom. The number of thiophene rings is 1. The lowest BCUT2D eigenvalue weighted by Crippen LogP contribution is -2.51. The molecule has 2 aromatic carbocycles. The van der Waals surface area contributed by atoms with Gasteiger partial charge in [-0.2, -0.15) is 0 Å². The highest BCUT2D eigenvalue weighted by Gasteiger charge is 2.33. The number of H-pyrrole nitrogens is 1. The van der Waals surface area contributed by atoms with Crippen molar-refractivity contribution >= 4 is 28.8 Å². The zero-order valence-electron chi connectivity index (χ0n) is 23.6. The molecule has 2 atom stereocenters. The molecule has 0 bridgehead atoms. The Hall–Kier alpha value is -3.97. The molecule has 1 aliphatic rings. The summed E-state index contributed by atoms with van der Waals surface area (Å²) in [5.74, 6) is 0.193. The minimum absolute atomic E-state index is 0.115. The number of carbonyl (C=O) groups excluding carboxylic acids is 2. The van der Waals surface area contributed by atoms with Crippen molar-refractivity contribution in [2.24, 2.45) is 0 Å². The second-order valence-electron chi connectivity index (χ2n) is 11.1. The molecular weight excluding hydrogens is 554 g/mol. The lowest BCUT2D eigenvalue weighted by atomic mass is 9.98. The fraction of sp³-hybridized carbons (Fsp3) is 0.367. The van der Waals surface area contributed by atoms with Crippen LogP contribution in [0.25, 0.3) is 22.5 Å². The van der Waals surface area contributed by atoms with Gasteiger partial charge < -0.3 is 25.7 Å². The molecule has 3 heterocycles. The molecule has 0 saturated carbocycles. The van der Waals surface area contributed by atoms with E-state index >= 15 is 0 Å². The molecule has 1 aliphatic heterocycles. The number of amides is 2. The summed E-state index contributed by atoms with van der Waals surface area (Å²) in [5, 5.41) is 41.0. The maximum absolute atomic E-state index is 13.8. The fourth-order valence-electron chi connectivity index (χ4n) is 5.12. The summed E-state index contributed by atoms with van der Waals surface area (Å²) in [6.07, 6.45) is 0.413. The van der Waals surface area contributed by atoms with Crippen LogP contribution in [0, 0.1) is 0 Å². The average Bonchev–Trinajstić information content (AvgIpc) is 3.67. The summed E-state index contributed by atoms with van der Waals surface area (Å²) >= 11 is 1.62. The van der Waals surface area contributed by atoms with Crippen molar-refractivity contribution in [1.82, 2.24) is 31.3 Å². The summed E-state index contributed by atoms with van der Waals surface area (Å²) in [7, 11) is 0. The third-order valence-corrected chi connectivity index (χ3v) is 8.30. The van der Waals surface area contributed by atoms with Gasteiger partial charge in [0.05, 0.1) is 24.9 Å². The third-order valence-electron chi connectivity index (χ3n) is 7.33. The summed E-state index contributed by atoms with van der Waals surface area (Å²) in [4.78, 5) is 29.8. The summed E-state index contributed by atoms with van der Waals surface area (Å²) in [5.41, 5.74) is 4.09. The van der Waals surface area contributed by atoms with Crippen LogP contribution in [0.15, 0.2) is 60.0 Å². The smallest absolute Gasteiger partial charge is 0.249 e. The number of nitrogens with zero attached hydrogens (tertiary/aromatic N) is 4. The van der Waals surface area contributed by atoms with E-state index in [9.17, 15) is 14.7 Å². The molecule has 0 unspecified atom stereocenters. The first-order valence-electron chi connectivity index (χ1n) is 13.9. The first kappa shape index (κ1) is 29.5. The molecule has 0 fully saturated rings. The van der Waals surface area contributed by atoms with E-state index in [4.69, 9.17) is 5.11 Å². The van der Waals surface area contributed by atoms with Crippen LogP contribution >= 0.6 is 11.3 Å². The Morgan fingerprint density at radius 1 is 1.17 bits per heavy atom. The quantitative estimate of drug-likeness (QED) is 0.179. The highest BCUT2D eigenvalue weighted by atomic mass is 32.1. The lowest BCUT2D eigenvalue weighted by Gasteiger charge is -2.29. The number of nitrogens with one attached hydrogen (secondary N) is 3. The zero-order chi connectivity index (χ0) is 29.7. The largest absolute Gasteiger partial charge is 0.394 e. The molecule has 0 saturated heterocycles. The third kappa shape index (κ3) is 6.90. The molecule has 2 amide bonds. The Kier molecular flexibility index (Phi) is 9.07. The number of anilines is 1. The minimum Gasteiger partial charge on any atom is -0.394 e. The van der Waals surface area contributed by atoms with Gasteiger partial charge in [0.25, 0.3) is 0 Å². The number of aromatic nitrogens is 4. The molecule has 11 nitrogen and oxygen atoms in total. The maximum Gasteiger partial charge on any atom is 0.249 e. The number of fused-ring (bicyclic) bond motifs is 1. The van der Waals surface area contributed by atoms with Gasteiger partial charge >= 0.3 is 0 Å². The first-order chi connectivity index (χ1) is 20.2. The van der Waals surface area contributed by atoms with Crippen molar-refractivity contribution in [1.29, 1.82) is 0 Å². The molecular formula is C30H35N7O4S. The Balaban J connectivity index is 1.30. The number of rotatable bonds is 11. The summed E-state index contributed by atoms with van der Waals surface area (Å²) < 4.78 is 0. The van der Waals surface area contributed by atoms with E-state index in [1.807, 2.05) is 73.8 Å². The van der Waals surface area contributed by atoms with Crippen molar-refractivity contribution in [3.05, 3.63) is 70.4 Å². The SMILES string of the molecule is CC(C)(CC(=O)N[C@@H]1CCc2sccc2N(Cc2ccc(-c3ccccc3-c3nnn[nH]3)cc2)C1=O)NC[C@H](O)CO. The van der Waals surface area contributed by atoms with Crippen molar-refractivity contribution in [3.8, 4) is 22.5 Å². The predicted octanol–water partition coefficient (Wildman–Crippen LogP) is 2.67. The van der Waals surface area contributed by atoms with E-state index in [1.54, 1.807) is 16.2 Å². The number of benzene rings is 2. The Labute approximate surface area is 248 Å². The monoisotopic (exact) mass is 589 g/mol. The number of hydrogen-bond donors (Lipinski definition) is 5. The molecule has 0 radical (unpaired) electrons. The summed E-state index contributed by atoms with van der Waals surface area (Å²) in [6.45, 7) is 3.87. The van der Waals surface area contributed by atoms with Crippen molar-refractivity contribution in [2.75, 3.05) is 18.1 Å². The van der Waals surface area contributed by atoms with Gasteiger partial charge in [-0.05, 0) is 65.3 Å². The Bertz CT molecular complexity index is 1500. The standard InChI is InChI=1S/C30H35N7O4S/c1-30(2,31-16-21(39)18-38)15-27(40)32-24-11-12-26-25(13-14-42-26)37(29(24)41)17-19-7-9-20(10-8-19)22-5-3-4-6-23(22)28-33-35-36-34-28/h3-10,13-14,21,24,31,38-39H,11-12,15-18H2,1-2H3,(H,32,40)(H,33,34,35,36)/t21-,24+/m0/s1. The number of aliphatic hydroxyl groups is 2. The topological polar surface area (TPSA) is 156 Å². The van der Waals surface area contributed by atoms with E-state index in [1.165, 1.54) is 0 Å². The molecule has 0 spiro atoms. The van der Waals surface area contributed by atoms with Gasteiger partial charge in [-0.15, -0.1) is 16.4 Å². The second-order valence-corrected chi connectivity index (χ2v) is 12.1. The van der Waals surface area contributed by atoms with Gasteiger partial charge in [0.1, 0.15) is 6.04 Å². The van der Waals surface area contributed by atoms with Gasteiger partial charge in [0.15, 0.2) is 5.82 Å². The molecule has 12 heteroatoms.